The number of hydrogen-bond acceptors (Lipinski definition) is 2. The number of carbonyl (C=O) groups is 1. The molecular formula is C16H18N2O. The van der Waals surface area contributed by atoms with Gasteiger partial charge < -0.3 is 10.7 Å². The van der Waals surface area contributed by atoms with Crippen LogP contribution < -0.4 is 5.73 Å². The van der Waals surface area contributed by atoms with E-state index in [9.17, 15) is 4.79 Å². The molecule has 0 radical (unpaired) electrons. The zero-order valence-corrected chi connectivity index (χ0v) is 11.5. The van der Waals surface area contributed by atoms with Crippen molar-refractivity contribution in [2.24, 2.45) is 5.73 Å². The second-order valence-corrected chi connectivity index (χ2v) is 4.84. The average molecular weight is 254 g/mol. The molecule has 3 heteroatoms. The highest BCUT2D eigenvalue weighted by molar-refractivity contribution is 6.11. The monoisotopic (exact) mass is 254 g/mol. The van der Waals surface area contributed by atoms with Crippen LogP contribution in [0.2, 0.25) is 0 Å². The number of Topliss-reactive ketones (excluding diaryl/α,β-unsaturated/α-hetero) is 1. The van der Waals surface area contributed by atoms with E-state index in [1.54, 1.807) is 6.92 Å². The Morgan fingerprint density at radius 2 is 1.89 bits per heavy atom. The fraction of sp³-hybridized carbons (Fsp3) is 0.188. The summed E-state index contributed by atoms with van der Waals surface area (Å²) < 4.78 is 0. The number of ketones is 1. The lowest BCUT2D eigenvalue weighted by Crippen LogP contribution is -2.08. The van der Waals surface area contributed by atoms with E-state index in [0.717, 1.165) is 10.9 Å². The third-order valence-electron chi connectivity index (χ3n) is 3.35. The smallest absolute Gasteiger partial charge is 0.210 e. The van der Waals surface area contributed by atoms with Crippen molar-refractivity contribution in [3.8, 4) is 0 Å². The van der Waals surface area contributed by atoms with E-state index >= 15 is 0 Å². The average Bonchev–Trinajstić information content (AvgIpc) is 2.73. The molecule has 0 fully saturated rings. The van der Waals surface area contributed by atoms with Gasteiger partial charge >= 0.3 is 0 Å². The second-order valence-electron chi connectivity index (χ2n) is 4.84. The number of benzene rings is 1. The molecule has 19 heavy (non-hydrogen) atoms. The molecule has 0 unspecified atom stereocenters. The van der Waals surface area contributed by atoms with Crippen LogP contribution in [0.15, 0.2) is 42.1 Å². The van der Waals surface area contributed by atoms with Crippen molar-refractivity contribution in [3.05, 3.63) is 58.9 Å². The lowest BCUT2D eigenvalue weighted by molar-refractivity contribution is 0.103. The molecule has 2 aromatic rings. The zero-order chi connectivity index (χ0) is 14.2. The van der Waals surface area contributed by atoms with Crippen LogP contribution in [0.1, 0.15) is 28.5 Å². The summed E-state index contributed by atoms with van der Waals surface area (Å²) in [6.45, 7) is 9.45. The van der Waals surface area contributed by atoms with Gasteiger partial charge in [0.15, 0.2) is 0 Å². The van der Waals surface area contributed by atoms with Crippen LogP contribution in [-0.4, -0.2) is 10.8 Å². The minimum Gasteiger partial charge on any atom is -0.402 e. The summed E-state index contributed by atoms with van der Waals surface area (Å²) >= 11 is 0. The minimum atomic E-state index is -0.124. The Morgan fingerprint density at radius 1 is 1.26 bits per heavy atom. The van der Waals surface area contributed by atoms with Gasteiger partial charge in [-0.2, -0.15) is 0 Å². The number of fused-ring (bicyclic) bond motifs is 1. The summed E-state index contributed by atoms with van der Waals surface area (Å²) in [5.41, 5.74) is 10.5. The van der Waals surface area contributed by atoms with E-state index in [1.807, 2.05) is 12.1 Å². The van der Waals surface area contributed by atoms with E-state index in [0.29, 0.717) is 17.0 Å². The maximum Gasteiger partial charge on any atom is 0.210 e. The first-order valence-corrected chi connectivity index (χ1v) is 6.17. The molecule has 0 atom stereocenters. The predicted molar refractivity (Wildman–Crippen MR) is 79.2 cm³/mol. The summed E-state index contributed by atoms with van der Waals surface area (Å²) in [5.74, 6) is -0.124. The predicted octanol–water partition coefficient (Wildman–Crippen LogP) is 3.39. The van der Waals surface area contributed by atoms with Gasteiger partial charge in [0.05, 0.1) is 5.69 Å². The number of allylic oxidation sites excluding steroid dienone is 3. The van der Waals surface area contributed by atoms with Crippen molar-refractivity contribution < 1.29 is 4.79 Å². The van der Waals surface area contributed by atoms with Gasteiger partial charge in [0, 0.05) is 22.2 Å². The van der Waals surface area contributed by atoms with Crippen LogP contribution in [0.3, 0.4) is 0 Å². The van der Waals surface area contributed by atoms with E-state index in [1.165, 1.54) is 17.2 Å². The third kappa shape index (κ3) is 2.32. The molecule has 0 amide bonds. The SMILES string of the molecule is C=C/C(C(=O)c1cc2cc(C)c(C)cc2[nH]1)=C(\C)N. The van der Waals surface area contributed by atoms with Crippen LogP contribution in [0.4, 0.5) is 0 Å². The van der Waals surface area contributed by atoms with Crippen LogP contribution in [-0.2, 0) is 0 Å². The molecule has 1 aromatic heterocycles. The van der Waals surface area contributed by atoms with Gasteiger partial charge in [-0.25, -0.2) is 0 Å². The number of aryl methyl sites for hydroxylation is 2. The highest BCUT2D eigenvalue weighted by Crippen LogP contribution is 2.22. The van der Waals surface area contributed by atoms with Gasteiger partial charge in [0.1, 0.15) is 0 Å². The number of nitrogens with one attached hydrogen (secondary N) is 1. The van der Waals surface area contributed by atoms with Gasteiger partial charge in [0.2, 0.25) is 5.78 Å². The molecule has 3 N–H and O–H groups in total. The molecule has 0 spiro atoms. The van der Waals surface area contributed by atoms with E-state index in [-0.39, 0.29) is 5.78 Å². The number of nitrogens with two attached hydrogens (primary N) is 1. The van der Waals surface area contributed by atoms with Gasteiger partial charge in [-0.1, -0.05) is 12.7 Å². The minimum absolute atomic E-state index is 0.124. The Balaban J connectivity index is 2.56. The largest absolute Gasteiger partial charge is 0.402 e. The highest BCUT2D eigenvalue weighted by atomic mass is 16.1. The molecule has 98 valence electrons. The Bertz CT molecular complexity index is 662. The quantitative estimate of drug-likeness (QED) is 0.501. The van der Waals surface area contributed by atoms with Gasteiger partial charge in [-0.15, -0.1) is 0 Å². The molecule has 0 aliphatic carbocycles. The van der Waals surface area contributed by atoms with Crippen molar-refractivity contribution >= 4 is 16.7 Å². The Labute approximate surface area is 112 Å². The van der Waals surface area contributed by atoms with Crippen LogP contribution >= 0.6 is 0 Å². The van der Waals surface area contributed by atoms with E-state index in [4.69, 9.17) is 5.73 Å². The third-order valence-corrected chi connectivity index (χ3v) is 3.35. The summed E-state index contributed by atoms with van der Waals surface area (Å²) in [6.07, 6.45) is 1.50. The van der Waals surface area contributed by atoms with Crippen molar-refractivity contribution in [2.75, 3.05) is 0 Å². The second kappa shape index (κ2) is 4.76. The summed E-state index contributed by atoms with van der Waals surface area (Å²) in [7, 11) is 0. The molecule has 1 heterocycles. The lowest BCUT2D eigenvalue weighted by atomic mass is 10.1. The summed E-state index contributed by atoms with van der Waals surface area (Å²) in [6, 6.07) is 5.98. The maximum absolute atomic E-state index is 12.3. The lowest BCUT2D eigenvalue weighted by Gasteiger charge is -2.01. The van der Waals surface area contributed by atoms with E-state index in [2.05, 4.69) is 31.5 Å². The highest BCUT2D eigenvalue weighted by Gasteiger charge is 2.14. The Kier molecular flexibility index (Phi) is 3.30. The van der Waals surface area contributed by atoms with Crippen LogP contribution in [0, 0.1) is 13.8 Å². The summed E-state index contributed by atoms with van der Waals surface area (Å²) in [4.78, 5) is 15.5. The first-order valence-electron chi connectivity index (χ1n) is 6.17. The maximum atomic E-state index is 12.3. The fourth-order valence-corrected chi connectivity index (χ4v) is 2.10. The Hall–Kier alpha value is -2.29. The molecule has 0 aliphatic rings. The van der Waals surface area contributed by atoms with Crippen LogP contribution in [0.5, 0.6) is 0 Å². The molecule has 2 rings (SSSR count). The molecule has 0 saturated heterocycles. The standard InChI is InChI=1S/C16H18N2O/c1-5-13(11(4)17)16(19)15-8-12-6-9(2)10(3)7-14(12)18-15/h5-8,18H,1,17H2,2-4H3/b13-11-. The molecular weight excluding hydrogens is 236 g/mol. The van der Waals surface area contributed by atoms with Crippen LogP contribution in [0.25, 0.3) is 10.9 Å². The molecule has 0 aliphatic heterocycles. The molecule has 1 aromatic carbocycles. The first-order chi connectivity index (χ1) is 8.93. The van der Waals surface area contributed by atoms with Gasteiger partial charge in [-0.3, -0.25) is 4.79 Å². The molecule has 0 saturated carbocycles. The van der Waals surface area contributed by atoms with Crippen molar-refractivity contribution in [1.29, 1.82) is 0 Å². The number of carbonyl (C=O) groups excluding carboxylic acids is 1. The number of aromatic amines is 1. The molecule has 0 bridgehead atoms. The van der Waals surface area contributed by atoms with Crippen molar-refractivity contribution in [3.63, 3.8) is 0 Å². The summed E-state index contributed by atoms with van der Waals surface area (Å²) in [5, 5.41) is 1.03. The number of H-pyrrole nitrogens is 1. The zero-order valence-electron chi connectivity index (χ0n) is 11.5. The number of hydrogen-bond donors (Lipinski definition) is 2. The van der Waals surface area contributed by atoms with Crippen molar-refractivity contribution in [2.45, 2.75) is 20.8 Å². The first kappa shape index (κ1) is 13.1. The van der Waals surface area contributed by atoms with Gasteiger partial charge in [-0.05, 0) is 50.1 Å². The Morgan fingerprint density at radius 3 is 2.47 bits per heavy atom. The van der Waals surface area contributed by atoms with Crippen molar-refractivity contribution in [1.82, 2.24) is 4.98 Å². The normalized spacial score (nSPS) is 12.4. The van der Waals surface area contributed by atoms with Gasteiger partial charge in [0.25, 0.3) is 0 Å². The topological polar surface area (TPSA) is 58.9 Å². The fourth-order valence-electron chi connectivity index (χ4n) is 2.10. The number of aromatic nitrogens is 1. The van der Waals surface area contributed by atoms with E-state index < -0.39 is 0 Å². The number of rotatable bonds is 3. The molecule has 3 nitrogen and oxygen atoms in total.